The molecule has 1 aromatic heterocycles. The number of rotatable bonds is 3. The average molecular weight is 218 g/mol. The number of nitrogens with zero attached hydrogens (tertiary/aromatic N) is 2. The quantitative estimate of drug-likeness (QED) is 0.851. The van der Waals surface area contributed by atoms with E-state index in [4.69, 9.17) is 9.84 Å². The third-order valence-corrected chi connectivity index (χ3v) is 2.17. The fourth-order valence-electron chi connectivity index (χ4n) is 1.40. The van der Waals surface area contributed by atoms with Crippen LogP contribution in [0.25, 0.3) is 10.9 Å². The lowest BCUT2D eigenvalue weighted by Gasteiger charge is -2.06. The van der Waals surface area contributed by atoms with Crippen LogP contribution in [-0.2, 0) is 0 Å². The molecule has 0 aliphatic heterocycles. The van der Waals surface area contributed by atoms with E-state index in [2.05, 4.69) is 9.97 Å². The summed E-state index contributed by atoms with van der Waals surface area (Å²) in [6.07, 6.45) is 1.21. The van der Waals surface area contributed by atoms with Crippen molar-refractivity contribution in [2.75, 3.05) is 6.61 Å². The summed E-state index contributed by atoms with van der Waals surface area (Å²) in [6.45, 7) is 3.89. The van der Waals surface area contributed by atoms with Crippen LogP contribution in [0.1, 0.15) is 12.5 Å². The van der Waals surface area contributed by atoms with E-state index in [1.54, 1.807) is 13.1 Å². The summed E-state index contributed by atoms with van der Waals surface area (Å²) in [6, 6.07) is 6.25. The SMILES string of the molecule is Cc1ccc2nc(OCC(C)O)ncc2c1. The van der Waals surface area contributed by atoms with E-state index in [1.807, 2.05) is 25.1 Å². The molecule has 0 bridgehead atoms. The van der Waals surface area contributed by atoms with Crippen LogP contribution in [0.3, 0.4) is 0 Å². The maximum absolute atomic E-state index is 9.08. The molecule has 4 nitrogen and oxygen atoms in total. The molecule has 4 heteroatoms. The zero-order valence-corrected chi connectivity index (χ0v) is 9.34. The average Bonchev–Trinajstić information content (AvgIpc) is 2.26. The van der Waals surface area contributed by atoms with Crippen molar-refractivity contribution in [2.45, 2.75) is 20.0 Å². The van der Waals surface area contributed by atoms with Crippen LogP contribution in [0.2, 0.25) is 0 Å². The van der Waals surface area contributed by atoms with Crippen molar-refractivity contribution in [3.05, 3.63) is 30.0 Å². The van der Waals surface area contributed by atoms with Crippen LogP contribution in [0, 0.1) is 6.92 Å². The van der Waals surface area contributed by atoms with Crippen LogP contribution < -0.4 is 4.74 Å². The first kappa shape index (κ1) is 10.8. The topological polar surface area (TPSA) is 55.2 Å². The molecule has 0 spiro atoms. The van der Waals surface area contributed by atoms with Gasteiger partial charge in [-0.05, 0) is 26.0 Å². The molecule has 0 radical (unpaired) electrons. The number of ether oxygens (including phenoxy) is 1. The Morgan fingerprint density at radius 3 is 3.00 bits per heavy atom. The number of aromatic nitrogens is 2. The van der Waals surface area contributed by atoms with Gasteiger partial charge in [0, 0.05) is 11.6 Å². The normalized spacial score (nSPS) is 12.7. The summed E-state index contributed by atoms with van der Waals surface area (Å²) < 4.78 is 5.23. The number of benzene rings is 1. The van der Waals surface area contributed by atoms with E-state index in [0.29, 0.717) is 6.01 Å². The molecule has 0 aliphatic carbocycles. The van der Waals surface area contributed by atoms with Crippen LogP contribution in [-0.4, -0.2) is 27.8 Å². The van der Waals surface area contributed by atoms with E-state index in [1.165, 1.54) is 5.56 Å². The van der Waals surface area contributed by atoms with Crippen molar-refractivity contribution >= 4 is 10.9 Å². The molecule has 0 fully saturated rings. The fraction of sp³-hybridized carbons (Fsp3) is 0.333. The van der Waals surface area contributed by atoms with Gasteiger partial charge in [-0.25, -0.2) is 4.98 Å². The van der Waals surface area contributed by atoms with Gasteiger partial charge in [-0.3, -0.25) is 0 Å². The third kappa shape index (κ3) is 2.46. The molecule has 1 unspecified atom stereocenters. The molecule has 0 amide bonds. The summed E-state index contributed by atoms with van der Waals surface area (Å²) in [4.78, 5) is 8.32. The minimum Gasteiger partial charge on any atom is -0.461 e. The standard InChI is InChI=1S/C12H14N2O2/c1-8-3-4-11-10(5-8)6-13-12(14-11)16-7-9(2)15/h3-6,9,15H,7H2,1-2H3. The van der Waals surface area contributed by atoms with Gasteiger partial charge in [0.2, 0.25) is 0 Å². The number of hydrogen-bond acceptors (Lipinski definition) is 4. The Morgan fingerprint density at radius 2 is 2.25 bits per heavy atom. The Hall–Kier alpha value is -1.68. The molecule has 0 saturated carbocycles. The summed E-state index contributed by atoms with van der Waals surface area (Å²) in [5.41, 5.74) is 2.02. The highest BCUT2D eigenvalue weighted by Gasteiger charge is 2.02. The predicted molar refractivity (Wildman–Crippen MR) is 61.5 cm³/mol. The lowest BCUT2D eigenvalue weighted by molar-refractivity contribution is 0.117. The summed E-state index contributed by atoms with van der Waals surface area (Å²) >= 11 is 0. The highest BCUT2D eigenvalue weighted by Crippen LogP contribution is 2.15. The predicted octanol–water partition coefficient (Wildman–Crippen LogP) is 1.70. The molecule has 2 rings (SSSR count). The van der Waals surface area contributed by atoms with Gasteiger partial charge in [-0.1, -0.05) is 11.6 Å². The molecular formula is C12H14N2O2. The monoisotopic (exact) mass is 218 g/mol. The summed E-state index contributed by atoms with van der Waals surface area (Å²) in [5, 5.41) is 10.1. The second-order valence-electron chi connectivity index (χ2n) is 3.87. The Bertz CT molecular complexity index is 497. The van der Waals surface area contributed by atoms with Crippen molar-refractivity contribution in [3.63, 3.8) is 0 Å². The van der Waals surface area contributed by atoms with Crippen molar-refractivity contribution in [1.82, 2.24) is 9.97 Å². The number of fused-ring (bicyclic) bond motifs is 1. The zero-order valence-electron chi connectivity index (χ0n) is 9.34. The van der Waals surface area contributed by atoms with Gasteiger partial charge in [0.15, 0.2) is 0 Å². The highest BCUT2D eigenvalue weighted by atomic mass is 16.5. The Labute approximate surface area is 93.9 Å². The smallest absolute Gasteiger partial charge is 0.317 e. The van der Waals surface area contributed by atoms with Gasteiger partial charge in [0.25, 0.3) is 0 Å². The van der Waals surface area contributed by atoms with Crippen LogP contribution in [0.4, 0.5) is 0 Å². The molecule has 0 saturated heterocycles. The maximum Gasteiger partial charge on any atom is 0.317 e. The van der Waals surface area contributed by atoms with E-state index >= 15 is 0 Å². The molecule has 1 heterocycles. The zero-order chi connectivity index (χ0) is 11.5. The van der Waals surface area contributed by atoms with E-state index in [9.17, 15) is 0 Å². The Balaban J connectivity index is 2.26. The van der Waals surface area contributed by atoms with E-state index in [0.717, 1.165) is 10.9 Å². The lowest BCUT2D eigenvalue weighted by Crippen LogP contribution is -2.14. The number of hydrogen-bond donors (Lipinski definition) is 1. The molecule has 0 aliphatic rings. The van der Waals surface area contributed by atoms with Crippen molar-refractivity contribution < 1.29 is 9.84 Å². The van der Waals surface area contributed by atoms with Crippen molar-refractivity contribution in [3.8, 4) is 6.01 Å². The second-order valence-corrected chi connectivity index (χ2v) is 3.87. The maximum atomic E-state index is 9.08. The first-order valence-electron chi connectivity index (χ1n) is 5.19. The molecule has 16 heavy (non-hydrogen) atoms. The first-order valence-corrected chi connectivity index (χ1v) is 5.19. The molecule has 2 aromatic rings. The van der Waals surface area contributed by atoms with E-state index in [-0.39, 0.29) is 6.61 Å². The lowest BCUT2D eigenvalue weighted by atomic mass is 10.2. The minimum absolute atomic E-state index is 0.206. The van der Waals surface area contributed by atoms with Crippen molar-refractivity contribution in [2.24, 2.45) is 0 Å². The fourth-order valence-corrected chi connectivity index (χ4v) is 1.40. The molecule has 1 aromatic carbocycles. The van der Waals surface area contributed by atoms with Gasteiger partial charge < -0.3 is 9.84 Å². The number of aryl methyl sites for hydroxylation is 1. The van der Waals surface area contributed by atoms with Crippen LogP contribution in [0.5, 0.6) is 6.01 Å². The summed E-state index contributed by atoms with van der Waals surface area (Å²) in [5.74, 6) is 0. The summed E-state index contributed by atoms with van der Waals surface area (Å²) in [7, 11) is 0. The molecule has 1 atom stereocenters. The van der Waals surface area contributed by atoms with Gasteiger partial charge in [-0.15, -0.1) is 0 Å². The van der Waals surface area contributed by atoms with E-state index < -0.39 is 6.10 Å². The van der Waals surface area contributed by atoms with Crippen LogP contribution >= 0.6 is 0 Å². The van der Waals surface area contributed by atoms with Gasteiger partial charge in [0.1, 0.15) is 6.61 Å². The van der Waals surface area contributed by atoms with Crippen LogP contribution in [0.15, 0.2) is 24.4 Å². The minimum atomic E-state index is -0.516. The van der Waals surface area contributed by atoms with Crippen molar-refractivity contribution in [1.29, 1.82) is 0 Å². The van der Waals surface area contributed by atoms with Gasteiger partial charge in [0.05, 0.1) is 11.6 Å². The molecular weight excluding hydrogens is 204 g/mol. The first-order chi connectivity index (χ1) is 7.65. The largest absolute Gasteiger partial charge is 0.461 e. The molecule has 1 N–H and O–H groups in total. The number of aliphatic hydroxyl groups excluding tert-OH is 1. The molecule has 84 valence electrons. The van der Waals surface area contributed by atoms with Gasteiger partial charge in [-0.2, -0.15) is 4.98 Å². The van der Waals surface area contributed by atoms with Gasteiger partial charge >= 0.3 is 6.01 Å². The highest BCUT2D eigenvalue weighted by molar-refractivity contribution is 5.78. The number of aliphatic hydroxyl groups is 1. The second kappa shape index (κ2) is 4.45. The Morgan fingerprint density at radius 1 is 1.44 bits per heavy atom. The third-order valence-electron chi connectivity index (χ3n) is 2.17. The Kier molecular flexibility index (Phi) is 3.01.